The molecule has 1 aromatic carbocycles. The molecule has 0 aliphatic carbocycles. The summed E-state index contributed by atoms with van der Waals surface area (Å²) < 4.78 is 24.1. The molecular formula is C10H12N2O3S. The summed E-state index contributed by atoms with van der Waals surface area (Å²) in [7, 11) is -1.67. The van der Waals surface area contributed by atoms with Crippen LogP contribution in [0.1, 0.15) is 6.42 Å². The van der Waals surface area contributed by atoms with Gasteiger partial charge >= 0.3 is 0 Å². The number of rotatable bonds is 2. The molecule has 0 aromatic heterocycles. The van der Waals surface area contributed by atoms with Crippen molar-refractivity contribution in [2.75, 3.05) is 22.4 Å². The Morgan fingerprint density at radius 2 is 1.88 bits per heavy atom. The van der Waals surface area contributed by atoms with Crippen LogP contribution in [0.25, 0.3) is 0 Å². The maximum Gasteiger partial charge on any atom is 0.242 e. The maximum absolute atomic E-state index is 11.6. The summed E-state index contributed by atoms with van der Waals surface area (Å²) in [5.41, 5.74) is 1.27. The number of nitrogens with one attached hydrogen (secondary N) is 1. The summed E-state index contributed by atoms with van der Waals surface area (Å²) in [6, 6.07) is 6.70. The molecule has 1 fully saturated rings. The Labute approximate surface area is 94.1 Å². The van der Waals surface area contributed by atoms with E-state index in [1.54, 1.807) is 31.3 Å². The summed E-state index contributed by atoms with van der Waals surface area (Å²) in [4.78, 5) is 11.5. The number of carbonyl (C=O) groups excluding carboxylic acids is 1. The lowest BCUT2D eigenvalue weighted by atomic mass is 10.2. The van der Waals surface area contributed by atoms with Crippen LogP contribution in [-0.2, 0) is 14.8 Å². The van der Waals surface area contributed by atoms with Crippen LogP contribution in [0.5, 0.6) is 0 Å². The quantitative estimate of drug-likeness (QED) is 0.830. The lowest BCUT2D eigenvalue weighted by molar-refractivity contribution is -0.116. The first-order chi connectivity index (χ1) is 7.54. The minimum atomic E-state index is -3.45. The first kappa shape index (κ1) is 10.9. The van der Waals surface area contributed by atoms with Crippen LogP contribution in [0.4, 0.5) is 11.4 Å². The lowest BCUT2D eigenvalue weighted by Gasteiger charge is -2.15. The van der Waals surface area contributed by atoms with Crippen molar-refractivity contribution in [2.45, 2.75) is 6.42 Å². The zero-order chi connectivity index (χ0) is 11.8. The molecule has 0 radical (unpaired) electrons. The minimum absolute atomic E-state index is 0.0656. The van der Waals surface area contributed by atoms with Gasteiger partial charge in [0.05, 0.1) is 11.4 Å². The predicted molar refractivity (Wildman–Crippen MR) is 61.9 cm³/mol. The van der Waals surface area contributed by atoms with Crippen molar-refractivity contribution in [3.05, 3.63) is 24.3 Å². The van der Waals surface area contributed by atoms with E-state index in [2.05, 4.69) is 5.32 Å². The molecular weight excluding hydrogens is 228 g/mol. The highest BCUT2D eigenvalue weighted by molar-refractivity contribution is 7.94. The monoisotopic (exact) mass is 240 g/mol. The highest BCUT2D eigenvalue weighted by Crippen LogP contribution is 2.25. The van der Waals surface area contributed by atoms with Crippen LogP contribution in [0.2, 0.25) is 0 Å². The van der Waals surface area contributed by atoms with Crippen LogP contribution >= 0.6 is 0 Å². The van der Waals surface area contributed by atoms with Crippen molar-refractivity contribution in [1.82, 2.24) is 0 Å². The number of anilines is 2. The summed E-state index contributed by atoms with van der Waals surface area (Å²) in [5, 5.41) is 2.92. The van der Waals surface area contributed by atoms with Crippen molar-refractivity contribution >= 4 is 27.3 Å². The average Bonchev–Trinajstić information content (AvgIpc) is 2.53. The van der Waals surface area contributed by atoms with Gasteiger partial charge in [-0.2, -0.15) is 0 Å². The highest BCUT2D eigenvalue weighted by atomic mass is 32.2. The van der Waals surface area contributed by atoms with Gasteiger partial charge < -0.3 is 5.32 Å². The number of amides is 1. The fraction of sp³-hybridized carbons (Fsp3) is 0.300. The number of hydrogen-bond donors (Lipinski definition) is 1. The van der Waals surface area contributed by atoms with E-state index in [1.165, 1.54) is 0 Å². The Kier molecular flexibility index (Phi) is 2.59. The number of hydrogen-bond acceptors (Lipinski definition) is 4. The van der Waals surface area contributed by atoms with E-state index in [0.717, 1.165) is 9.99 Å². The molecule has 1 aromatic rings. The largest absolute Gasteiger partial charge is 0.388 e. The molecule has 1 amide bonds. The van der Waals surface area contributed by atoms with Crippen molar-refractivity contribution < 1.29 is 13.2 Å². The zero-order valence-electron chi connectivity index (χ0n) is 8.80. The molecule has 0 bridgehead atoms. The van der Waals surface area contributed by atoms with Gasteiger partial charge in [-0.15, -0.1) is 0 Å². The minimum Gasteiger partial charge on any atom is -0.388 e. The Morgan fingerprint density at radius 1 is 1.25 bits per heavy atom. The SMILES string of the molecule is CNc1ccc(N2C(=O)CCS2(=O)=O)cc1. The van der Waals surface area contributed by atoms with Crippen LogP contribution in [0, 0.1) is 0 Å². The fourth-order valence-electron chi connectivity index (χ4n) is 1.63. The number of sulfonamides is 1. The summed E-state index contributed by atoms with van der Waals surface area (Å²) >= 11 is 0. The van der Waals surface area contributed by atoms with Crippen LogP contribution in [0.15, 0.2) is 24.3 Å². The van der Waals surface area contributed by atoms with Crippen LogP contribution in [0.3, 0.4) is 0 Å². The van der Waals surface area contributed by atoms with E-state index < -0.39 is 10.0 Å². The third-order valence-corrected chi connectivity index (χ3v) is 4.16. The standard InChI is InChI=1S/C10H12N2O3S/c1-11-8-2-4-9(5-3-8)12-10(13)6-7-16(12,14)15/h2-5,11H,6-7H2,1H3. The molecule has 0 saturated carbocycles. The maximum atomic E-state index is 11.6. The highest BCUT2D eigenvalue weighted by Gasteiger charge is 2.36. The van der Waals surface area contributed by atoms with E-state index in [4.69, 9.17) is 0 Å². The molecule has 86 valence electrons. The van der Waals surface area contributed by atoms with E-state index >= 15 is 0 Å². The van der Waals surface area contributed by atoms with Crippen molar-refractivity contribution in [3.8, 4) is 0 Å². The van der Waals surface area contributed by atoms with Gasteiger partial charge in [-0.3, -0.25) is 4.79 Å². The lowest BCUT2D eigenvalue weighted by Crippen LogP contribution is -2.29. The number of nitrogens with zero attached hydrogens (tertiary/aromatic N) is 1. The van der Waals surface area contributed by atoms with Gasteiger partial charge in [0.25, 0.3) is 0 Å². The first-order valence-corrected chi connectivity index (χ1v) is 6.49. The van der Waals surface area contributed by atoms with Gasteiger partial charge in [0.1, 0.15) is 0 Å². The molecule has 1 aliphatic heterocycles. The number of benzene rings is 1. The van der Waals surface area contributed by atoms with Gasteiger partial charge in [0.2, 0.25) is 15.9 Å². The average molecular weight is 240 g/mol. The summed E-state index contributed by atoms with van der Waals surface area (Å²) in [6.07, 6.45) is 0.0656. The molecule has 0 spiro atoms. The van der Waals surface area contributed by atoms with E-state index in [9.17, 15) is 13.2 Å². The van der Waals surface area contributed by atoms with E-state index in [0.29, 0.717) is 5.69 Å². The van der Waals surface area contributed by atoms with Gasteiger partial charge in [-0.1, -0.05) is 0 Å². The Bertz CT molecular complexity index is 507. The van der Waals surface area contributed by atoms with Gasteiger partial charge in [-0.25, -0.2) is 12.7 Å². The molecule has 1 N–H and O–H groups in total. The third-order valence-electron chi connectivity index (χ3n) is 2.47. The molecule has 2 rings (SSSR count). The molecule has 5 nitrogen and oxygen atoms in total. The summed E-state index contributed by atoms with van der Waals surface area (Å²) in [5.74, 6) is -0.461. The summed E-state index contributed by atoms with van der Waals surface area (Å²) in [6.45, 7) is 0. The van der Waals surface area contributed by atoms with Crippen molar-refractivity contribution in [3.63, 3.8) is 0 Å². The second-order valence-electron chi connectivity index (χ2n) is 3.52. The van der Waals surface area contributed by atoms with Gasteiger partial charge in [-0.05, 0) is 24.3 Å². The second-order valence-corrected chi connectivity index (χ2v) is 5.46. The van der Waals surface area contributed by atoms with Crippen molar-refractivity contribution in [1.29, 1.82) is 0 Å². The Hall–Kier alpha value is -1.56. The Morgan fingerprint density at radius 3 is 2.31 bits per heavy atom. The fourth-order valence-corrected chi connectivity index (χ4v) is 3.09. The Balaban J connectivity index is 2.40. The molecule has 0 atom stereocenters. The smallest absolute Gasteiger partial charge is 0.242 e. The molecule has 0 unspecified atom stereocenters. The molecule has 6 heteroatoms. The zero-order valence-corrected chi connectivity index (χ0v) is 9.62. The van der Waals surface area contributed by atoms with Gasteiger partial charge in [0, 0.05) is 19.2 Å². The predicted octanol–water partition coefficient (Wildman–Crippen LogP) is 0.795. The molecule has 16 heavy (non-hydrogen) atoms. The third kappa shape index (κ3) is 1.76. The molecule has 1 heterocycles. The molecule has 1 aliphatic rings. The number of carbonyl (C=O) groups is 1. The second kappa shape index (κ2) is 3.79. The van der Waals surface area contributed by atoms with E-state index in [-0.39, 0.29) is 18.1 Å². The van der Waals surface area contributed by atoms with Crippen molar-refractivity contribution in [2.24, 2.45) is 0 Å². The van der Waals surface area contributed by atoms with Crippen LogP contribution < -0.4 is 9.62 Å². The van der Waals surface area contributed by atoms with Gasteiger partial charge in [0.15, 0.2) is 0 Å². The first-order valence-electron chi connectivity index (χ1n) is 4.88. The normalized spacial score (nSPS) is 18.8. The topological polar surface area (TPSA) is 66.5 Å². The van der Waals surface area contributed by atoms with E-state index in [1.807, 2.05) is 0 Å². The van der Waals surface area contributed by atoms with Crippen LogP contribution in [-0.4, -0.2) is 27.1 Å². The molecule has 1 saturated heterocycles.